The first-order valence-electron chi connectivity index (χ1n) is 8.38. The van der Waals surface area contributed by atoms with Crippen LogP contribution in [0.1, 0.15) is 31.7 Å². The molecule has 0 saturated heterocycles. The second-order valence-electron chi connectivity index (χ2n) is 5.99. The molecule has 0 aliphatic rings. The second-order valence-corrected chi connectivity index (χ2v) is 5.99. The van der Waals surface area contributed by atoms with Gasteiger partial charge in [-0.25, -0.2) is 0 Å². The van der Waals surface area contributed by atoms with Crippen LogP contribution >= 0.6 is 0 Å². The molecule has 128 valence electrons. The van der Waals surface area contributed by atoms with E-state index in [2.05, 4.69) is 34.6 Å². The van der Waals surface area contributed by atoms with Gasteiger partial charge in [-0.05, 0) is 35.2 Å². The molecule has 1 aromatic heterocycles. The Hall–Kier alpha value is -3.02. The number of benzene rings is 2. The molecule has 0 fully saturated rings. The fourth-order valence-electron chi connectivity index (χ4n) is 2.47. The lowest BCUT2D eigenvalue weighted by atomic mass is 9.99. The number of anilines is 1. The van der Waals surface area contributed by atoms with Crippen LogP contribution in [-0.4, -0.2) is 26.1 Å². The van der Waals surface area contributed by atoms with Crippen LogP contribution in [0.25, 0.3) is 11.4 Å². The molecular weight excluding hydrogens is 314 g/mol. The van der Waals surface area contributed by atoms with Crippen LogP contribution in [0, 0.1) is 0 Å². The predicted octanol–water partition coefficient (Wildman–Crippen LogP) is 3.49. The van der Waals surface area contributed by atoms with E-state index in [1.165, 1.54) is 10.4 Å². The maximum atomic E-state index is 12.2. The summed E-state index contributed by atoms with van der Waals surface area (Å²) in [4.78, 5) is 13.5. The Morgan fingerprint density at radius 2 is 1.84 bits per heavy atom. The molecule has 0 bridgehead atoms. The van der Waals surface area contributed by atoms with E-state index in [1.54, 1.807) is 0 Å². The Morgan fingerprint density at radius 1 is 1.12 bits per heavy atom. The van der Waals surface area contributed by atoms with Crippen molar-refractivity contribution >= 4 is 11.6 Å². The van der Waals surface area contributed by atoms with Crippen molar-refractivity contribution in [1.29, 1.82) is 0 Å². The first-order valence-corrected chi connectivity index (χ1v) is 8.38. The average Bonchev–Trinajstić information content (AvgIpc) is 3.10. The number of carbonyl (C=O) groups is 1. The average molecular weight is 335 g/mol. The van der Waals surface area contributed by atoms with E-state index in [0.29, 0.717) is 11.7 Å². The van der Waals surface area contributed by atoms with Gasteiger partial charge in [-0.1, -0.05) is 56.3 Å². The Balaban J connectivity index is 1.60. The van der Waals surface area contributed by atoms with Crippen molar-refractivity contribution in [1.82, 2.24) is 20.2 Å². The van der Waals surface area contributed by atoms with Crippen molar-refractivity contribution in [3.05, 3.63) is 60.2 Å². The highest BCUT2D eigenvalue weighted by Crippen LogP contribution is 2.20. The summed E-state index contributed by atoms with van der Waals surface area (Å²) in [5.74, 6) is 0.833. The van der Waals surface area contributed by atoms with Gasteiger partial charge >= 0.3 is 0 Å². The van der Waals surface area contributed by atoms with E-state index < -0.39 is 0 Å². The number of nitrogens with zero attached hydrogens (tertiary/aromatic N) is 4. The molecule has 2 aromatic carbocycles. The van der Waals surface area contributed by atoms with Crippen LogP contribution in [0.4, 0.5) is 5.69 Å². The number of carbonyl (C=O) groups excluding carboxylic acids is 1. The van der Waals surface area contributed by atoms with Gasteiger partial charge in [0.1, 0.15) is 6.54 Å². The molecule has 6 heteroatoms. The van der Waals surface area contributed by atoms with Gasteiger partial charge in [0.15, 0.2) is 0 Å². The summed E-state index contributed by atoms with van der Waals surface area (Å²) < 4.78 is 0. The molecule has 3 aromatic rings. The number of aromatic nitrogens is 4. The maximum absolute atomic E-state index is 12.2. The zero-order chi connectivity index (χ0) is 17.6. The molecular formula is C19H21N5O. The van der Waals surface area contributed by atoms with Crippen molar-refractivity contribution in [2.45, 2.75) is 32.7 Å². The lowest BCUT2D eigenvalue weighted by molar-refractivity contribution is -0.117. The monoisotopic (exact) mass is 335 g/mol. The van der Waals surface area contributed by atoms with Crippen molar-refractivity contribution in [3.8, 4) is 11.4 Å². The number of amides is 1. The minimum Gasteiger partial charge on any atom is -0.324 e. The Kier molecular flexibility index (Phi) is 5.18. The molecule has 25 heavy (non-hydrogen) atoms. The van der Waals surface area contributed by atoms with Crippen molar-refractivity contribution in [2.24, 2.45) is 0 Å². The van der Waals surface area contributed by atoms with E-state index in [4.69, 9.17) is 0 Å². The third kappa shape index (κ3) is 4.29. The second kappa shape index (κ2) is 7.70. The van der Waals surface area contributed by atoms with Crippen LogP contribution in [0.3, 0.4) is 0 Å². The fraction of sp³-hybridized carbons (Fsp3) is 0.263. The largest absolute Gasteiger partial charge is 0.324 e. The summed E-state index contributed by atoms with van der Waals surface area (Å²) in [5.41, 5.74) is 2.90. The fourth-order valence-corrected chi connectivity index (χ4v) is 2.47. The summed E-state index contributed by atoms with van der Waals surface area (Å²) in [6.45, 7) is 4.37. The molecule has 1 atom stereocenters. The zero-order valence-corrected chi connectivity index (χ0v) is 14.4. The third-order valence-electron chi connectivity index (χ3n) is 4.15. The Morgan fingerprint density at radius 3 is 2.52 bits per heavy atom. The minimum absolute atomic E-state index is 0.0208. The van der Waals surface area contributed by atoms with Crippen molar-refractivity contribution in [2.75, 3.05) is 5.32 Å². The first kappa shape index (κ1) is 16.8. The number of tetrazole rings is 1. The maximum Gasteiger partial charge on any atom is 0.248 e. The molecule has 3 rings (SSSR count). The van der Waals surface area contributed by atoms with Gasteiger partial charge in [0.25, 0.3) is 0 Å². The zero-order valence-electron chi connectivity index (χ0n) is 14.4. The molecule has 0 radical (unpaired) electrons. The van der Waals surface area contributed by atoms with Gasteiger partial charge in [0, 0.05) is 11.3 Å². The molecule has 1 heterocycles. The summed E-state index contributed by atoms with van der Waals surface area (Å²) in [7, 11) is 0. The van der Waals surface area contributed by atoms with Crippen molar-refractivity contribution in [3.63, 3.8) is 0 Å². The van der Waals surface area contributed by atoms with Gasteiger partial charge in [0.05, 0.1) is 0 Å². The number of rotatable bonds is 6. The normalized spacial score (nSPS) is 11.9. The predicted molar refractivity (Wildman–Crippen MR) is 97.0 cm³/mol. The van der Waals surface area contributed by atoms with Crippen molar-refractivity contribution < 1.29 is 4.79 Å². The molecule has 0 aliphatic carbocycles. The van der Waals surface area contributed by atoms with Gasteiger partial charge in [0.2, 0.25) is 11.7 Å². The molecule has 0 spiro atoms. The van der Waals surface area contributed by atoms with Crippen LogP contribution in [-0.2, 0) is 11.3 Å². The van der Waals surface area contributed by atoms with Crippen LogP contribution in [0.5, 0.6) is 0 Å². The highest BCUT2D eigenvalue weighted by Gasteiger charge is 2.10. The molecule has 0 aliphatic heterocycles. The van der Waals surface area contributed by atoms with Crippen LogP contribution < -0.4 is 5.32 Å². The van der Waals surface area contributed by atoms with Gasteiger partial charge in [-0.15, -0.1) is 10.2 Å². The van der Waals surface area contributed by atoms with Crippen LogP contribution in [0.2, 0.25) is 0 Å². The van der Waals surface area contributed by atoms with E-state index in [1.807, 2.05) is 54.6 Å². The standard InChI is InChI=1S/C19H21N5O/c1-3-14(2)15-9-11-17(12-10-15)20-18(25)13-24-22-19(21-23-24)16-7-5-4-6-8-16/h4-12,14H,3,13H2,1-2H3,(H,20,25). The summed E-state index contributed by atoms with van der Waals surface area (Å²) in [6, 6.07) is 17.5. The molecule has 1 N–H and O–H groups in total. The summed E-state index contributed by atoms with van der Waals surface area (Å²) >= 11 is 0. The Bertz CT molecular complexity index is 827. The summed E-state index contributed by atoms with van der Waals surface area (Å²) in [5, 5.41) is 15.0. The number of nitrogens with one attached hydrogen (secondary N) is 1. The minimum atomic E-state index is -0.187. The van der Waals surface area contributed by atoms with Crippen LogP contribution in [0.15, 0.2) is 54.6 Å². The highest BCUT2D eigenvalue weighted by atomic mass is 16.2. The first-order chi connectivity index (χ1) is 12.2. The lowest BCUT2D eigenvalue weighted by Gasteiger charge is -2.10. The van der Waals surface area contributed by atoms with E-state index in [-0.39, 0.29) is 12.5 Å². The van der Waals surface area contributed by atoms with Gasteiger partial charge < -0.3 is 5.32 Å². The van der Waals surface area contributed by atoms with E-state index in [0.717, 1.165) is 17.7 Å². The van der Waals surface area contributed by atoms with Gasteiger partial charge in [-0.3, -0.25) is 4.79 Å². The summed E-state index contributed by atoms with van der Waals surface area (Å²) in [6.07, 6.45) is 1.09. The molecule has 1 unspecified atom stereocenters. The molecule has 0 saturated carbocycles. The smallest absolute Gasteiger partial charge is 0.248 e. The van der Waals surface area contributed by atoms with E-state index >= 15 is 0 Å². The Labute approximate surface area is 146 Å². The number of hydrogen-bond donors (Lipinski definition) is 1. The lowest BCUT2D eigenvalue weighted by Crippen LogP contribution is -2.20. The topological polar surface area (TPSA) is 72.7 Å². The SMILES string of the molecule is CCC(C)c1ccc(NC(=O)Cn2nnc(-c3ccccc3)n2)cc1. The number of hydrogen-bond acceptors (Lipinski definition) is 4. The molecule has 1 amide bonds. The third-order valence-corrected chi connectivity index (χ3v) is 4.15. The highest BCUT2D eigenvalue weighted by molar-refractivity contribution is 5.90. The quantitative estimate of drug-likeness (QED) is 0.748. The van der Waals surface area contributed by atoms with E-state index in [9.17, 15) is 4.79 Å². The van der Waals surface area contributed by atoms with Gasteiger partial charge in [-0.2, -0.15) is 4.80 Å². The molecule has 6 nitrogen and oxygen atoms in total.